The van der Waals surface area contributed by atoms with Gasteiger partial charge in [0.15, 0.2) is 0 Å². The molecule has 7 nitrogen and oxygen atoms in total. The van der Waals surface area contributed by atoms with Crippen LogP contribution in [0.3, 0.4) is 0 Å². The van der Waals surface area contributed by atoms with E-state index in [0.29, 0.717) is 16.4 Å². The summed E-state index contributed by atoms with van der Waals surface area (Å²) in [5.74, 6) is 1.48. The van der Waals surface area contributed by atoms with Gasteiger partial charge in [-0.25, -0.2) is 9.97 Å². The summed E-state index contributed by atoms with van der Waals surface area (Å²) in [5.41, 5.74) is 3.25. The zero-order valence-corrected chi connectivity index (χ0v) is 16.5. The average molecular weight is 387 g/mol. The Bertz CT molecular complexity index is 964. The molecule has 0 saturated carbocycles. The van der Waals surface area contributed by atoms with Crippen molar-refractivity contribution in [3.05, 3.63) is 29.4 Å². The van der Waals surface area contributed by atoms with E-state index in [9.17, 15) is 0 Å². The smallest absolute Gasteiger partial charge is 0.202 e. The number of aromatic nitrogens is 4. The van der Waals surface area contributed by atoms with Gasteiger partial charge in [0.25, 0.3) is 0 Å². The Kier molecular flexibility index (Phi) is 4.65. The molecular weight excluding hydrogens is 364 g/mol. The highest BCUT2D eigenvalue weighted by atomic mass is 35.5. The quantitative estimate of drug-likeness (QED) is 0.716. The van der Waals surface area contributed by atoms with Crippen LogP contribution in [-0.2, 0) is 0 Å². The second kappa shape index (κ2) is 6.98. The monoisotopic (exact) mass is 386 g/mol. The second-order valence-electron chi connectivity index (χ2n) is 7.15. The Balaban J connectivity index is 1.63. The van der Waals surface area contributed by atoms with E-state index in [2.05, 4.69) is 32.3 Å². The van der Waals surface area contributed by atoms with E-state index in [0.717, 1.165) is 48.5 Å². The molecule has 0 unspecified atom stereocenters. The van der Waals surface area contributed by atoms with E-state index in [1.807, 2.05) is 25.4 Å². The maximum Gasteiger partial charge on any atom is 0.202 e. The first-order valence-electron chi connectivity index (χ1n) is 9.02. The van der Waals surface area contributed by atoms with Crippen molar-refractivity contribution in [1.29, 1.82) is 0 Å². The van der Waals surface area contributed by atoms with Gasteiger partial charge in [-0.2, -0.15) is 5.10 Å². The van der Waals surface area contributed by atoms with Gasteiger partial charge >= 0.3 is 0 Å². The summed E-state index contributed by atoms with van der Waals surface area (Å²) >= 11 is 6.12. The number of benzene rings is 1. The van der Waals surface area contributed by atoms with Crippen LogP contribution in [0.4, 0.5) is 5.82 Å². The maximum atomic E-state index is 6.12. The molecule has 2 aromatic heterocycles. The van der Waals surface area contributed by atoms with Gasteiger partial charge in [0.2, 0.25) is 5.65 Å². The summed E-state index contributed by atoms with van der Waals surface area (Å²) < 4.78 is 5.31. The fourth-order valence-corrected chi connectivity index (χ4v) is 3.63. The zero-order valence-electron chi connectivity index (χ0n) is 15.7. The molecule has 142 valence electrons. The lowest BCUT2D eigenvalue weighted by Gasteiger charge is -2.39. The molecule has 8 heteroatoms. The normalized spacial score (nSPS) is 16.7. The molecule has 0 spiro atoms. The molecule has 0 amide bonds. The number of halogens is 1. The molecule has 1 saturated heterocycles. The van der Waals surface area contributed by atoms with Gasteiger partial charge in [-0.1, -0.05) is 17.7 Å². The Hall–Kier alpha value is -2.38. The summed E-state index contributed by atoms with van der Waals surface area (Å²) in [7, 11) is 3.62. The number of methoxy groups -OCH3 is 1. The molecule has 1 fully saturated rings. The standard InChI is InChI=1S/C19H23ClN6O/c1-19(21-2)6-8-26(9-7-19)15-11-22-17-16(24-25-18(17)23-15)12-4-5-13(20)14(10-12)27-3/h4-5,10-11,21H,6-9H2,1-3H3,(H,23,24,25). The van der Waals surface area contributed by atoms with Crippen LogP contribution < -0.4 is 15.0 Å². The van der Waals surface area contributed by atoms with Crippen LogP contribution >= 0.6 is 11.6 Å². The minimum absolute atomic E-state index is 0.196. The Labute approximate surface area is 163 Å². The Morgan fingerprint density at radius 3 is 2.78 bits per heavy atom. The van der Waals surface area contributed by atoms with Gasteiger partial charge in [-0.3, -0.25) is 5.10 Å². The molecular formula is C19H23ClN6O. The molecule has 2 N–H and O–H groups in total. The third-order valence-electron chi connectivity index (χ3n) is 5.49. The van der Waals surface area contributed by atoms with Crippen LogP contribution in [-0.4, -0.2) is 53.0 Å². The van der Waals surface area contributed by atoms with E-state index in [1.165, 1.54) is 0 Å². The number of rotatable bonds is 4. The summed E-state index contributed by atoms with van der Waals surface area (Å²) in [5, 5.41) is 11.4. The molecule has 1 aliphatic heterocycles. The number of nitrogens with one attached hydrogen (secondary N) is 2. The van der Waals surface area contributed by atoms with Gasteiger partial charge in [-0.15, -0.1) is 0 Å². The predicted octanol–water partition coefficient (Wildman–Crippen LogP) is 3.26. The van der Waals surface area contributed by atoms with Crippen molar-refractivity contribution < 1.29 is 4.74 Å². The Morgan fingerprint density at radius 1 is 1.30 bits per heavy atom. The first-order valence-corrected chi connectivity index (χ1v) is 9.40. The first-order chi connectivity index (χ1) is 13.0. The lowest BCUT2D eigenvalue weighted by atomic mass is 9.90. The molecule has 27 heavy (non-hydrogen) atoms. The number of aromatic amines is 1. The molecule has 4 rings (SSSR count). The number of anilines is 1. The number of hydrogen-bond acceptors (Lipinski definition) is 6. The average Bonchev–Trinajstić information content (AvgIpc) is 3.12. The molecule has 3 heterocycles. The molecule has 1 aliphatic rings. The van der Waals surface area contributed by atoms with Gasteiger partial charge in [0.1, 0.15) is 17.1 Å². The van der Waals surface area contributed by atoms with Crippen LogP contribution in [0, 0.1) is 0 Å². The van der Waals surface area contributed by atoms with Crippen molar-refractivity contribution >= 4 is 28.6 Å². The summed E-state index contributed by atoms with van der Waals surface area (Å²) in [6.45, 7) is 4.16. The van der Waals surface area contributed by atoms with Crippen molar-refractivity contribution in [2.24, 2.45) is 0 Å². The first kappa shape index (κ1) is 18.0. The lowest BCUT2D eigenvalue weighted by molar-refractivity contribution is 0.304. The van der Waals surface area contributed by atoms with Crippen LogP contribution in [0.2, 0.25) is 5.02 Å². The Morgan fingerprint density at radius 2 is 2.07 bits per heavy atom. The minimum Gasteiger partial charge on any atom is -0.495 e. The highest BCUT2D eigenvalue weighted by molar-refractivity contribution is 6.32. The topological polar surface area (TPSA) is 79.0 Å². The third kappa shape index (κ3) is 3.33. The highest BCUT2D eigenvalue weighted by Gasteiger charge is 2.29. The lowest BCUT2D eigenvalue weighted by Crippen LogP contribution is -2.50. The molecule has 3 aromatic rings. The van der Waals surface area contributed by atoms with Crippen LogP contribution in [0.5, 0.6) is 5.75 Å². The van der Waals surface area contributed by atoms with E-state index in [1.54, 1.807) is 13.2 Å². The van der Waals surface area contributed by atoms with E-state index in [-0.39, 0.29) is 5.54 Å². The number of H-pyrrole nitrogens is 1. The van der Waals surface area contributed by atoms with Crippen LogP contribution in [0.25, 0.3) is 22.4 Å². The van der Waals surface area contributed by atoms with Gasteiger partial charge in [0.05, 0.1) is 24.0 Å². The number of ether oxygens (including phenoxy) is 1. The predicted molar refractivity (Wildman–Crippen MR) is 108 cm³/mol. The van der Waals surface area contributed by atoms with Crippen LogP contribution in [0.15, 0.2) is 24.4 Å². The van der Waals surface area contributed by atoms with Gasteiger partial charge in [0, 0.05) is 24.2 Å². The number of piperidine rings is 1. The summed E-state index contributed by atoms with van der Waals surface area (Å²) in [4.78, 5) is 11.6. The van der Waals surface area contributed by atoms with Gasteiger partial charge < -0.3 is 15.0 Å². The van der Waals surface area contributed by atoms with Gasteiger partial charge in [-0.05, 0) is 38.9 Å². The van der Waals surface area contributed by atoms with E-state index >= 15 is 0 Å². The van der Waals surface area contributed by atoms with E-state index in [4.69, 9.17) is 21.3 Å². The second-order valence-corrected chi connectivity index (χ2v) is 7.55. The number of hydrogen-bond donors (Lipinski definition) is 2. The third-order valence-corrected chi connectivity index (χ3v) is 5.80. The van der Waals surface area contributed by atoms with Crippen molar-refractivity contribution in [2.45, 2.75) is 25.3 Å². The number of fused-ring (bicyclic) bond motifs is 1. The number of nitrogens with zero attached hydrogens (tertiary/aromatic N) is 4. The zero-order chi connectivity index (χ0) is 19.0. The fraction of sp³-hybridized carbons (Fsp3) is 0.421. The largest absolute Gasteiger partial charge is 0.495 e. The molecule has 0 aliphatic carbocycles. The molecule has 0 radical (unpaired) electrons. The van der Waals surface area contributed by atoms with Crippen LogP contribution in [0.1, 0.15) is 19.8 Å². The highest BCUT2D eigenvalue weighted by Crippen LogP contribution is 2.32. The molecule has 1 aromatic carbocycles. The van der Waals surface area contributed by atoms with E-state index < -0.39 is 0 Å². The minimum atomic E-state index is 0.196. The van der Waals surface area contributed by atoms with Crippen molar-refractivity contribution in [3.63, 3.8) is 0 Å². The van der Waals surface area contributed by atoms with Crippen molar-refractivity contribution in [1.82, 2.24) is 25.5 Å². The fourth-order valence-electron chi connectivity index (χ4n) is 3.43. The molecule has 0 bridgehead atoms. The summed E-state index contributed by atoms with van der Waals surface area (Å²) in [6, 6.07) is 5.58. The SMILES string of the molecule is CNC1(C)CCN(c2cnc3c(-c4ccc(Cl)c(OC)c4)[nH]nc3n2)CC1. The molecule has 0 atom stereocenters. The van der Waals surface area contributed by atoms with Crippen molar-refractivity contribution in [3.8, 4) is 17.0 Å². The maximum absolute atomic E-state index is 6.12. The van der Waals surface area contributed by atoms with Crippen molar-refractivity contribution in [2.75, 3.05) is 32.1 Å². The summed E-state index contributed by atoms with van der Waals surface area (Å²) in [6.07, 6.45) is 3.97.